The molecule has 0 spiro atoms. The molecule has 1 saturated heterocycles. The zero-order chi connectivity index (χ0) is 18.0. The number of rotatable bonds is 2. The van der Waals surface area contributed by atoms with E-state index in [4.69, 9.17) is 4.74 Å². The lowest BCUT2D eigenvalue weighted by Crippen LogP contribution is -2.51. The van der Waals surface area contributed by atoms with Gasteiger partial charge in [-0.2, -0.15) is 0 Å². The number of carbonyl (C=O) groups excluding carboxylic acids is 1. The maximum atomic E-state index is 13.1. The van der Waals surface area contributed by atoms with Crippen molar-refractivity contribution in [2.24, 2.45) is 5.41 Å². The van der Waals surface area contributed by atoms with Gasteiger partial charge in [-0.15, -0.1) is 0 Å². The minimum atomic E-state index is -0.111. The van der Waals surface area contributed by atoms with Crippen LogP contribution >= 0.6 is 0 Å². The lowest BCUT2D eigenvalue weighted by Gasteiger charge is -2.43. The summed E-state index contributed by atoms with van der Waals surface area (Å²) in [5.41, 5.74) is 2.50. The number of amides is 1. The number of pyridine rings is 1. The molecule has 4 heteroatoms. The molecule has 0 N–H and O–H groups in total. The van der Waals surface area contributed by atoms with Crippen molar-refractivity contribution in [3.05, 3.63) is 65.5 Å². The maximum absolute atomic E-state index is 13.1. The van der Waals surface area contributed by atoms with E-state index in [1.165, 1.54) is 0 Å². The van der Waals surface area contributed by atoms with Gasteiger partial charge < -0.3 is 9.64 Å². The minimum absolute atomic E-state index is 0.0209. The molecule has 3 rings (SSSR count). The quantitative estimate of drug-likeness (QED) is 0.830. The summed E-state index contributed by atoms with van der Waals surface area (Å²) in [4.78, 5) is 19.3. The number of benzene rings is 1. The Balaban J connectivity index is 1.90. The number of aromatic nitrogens is 1. The fourth-order valence-electron chi connectivity index (χ4n) is 3.14. The van der Waals surface area contributed by atoms with Crippen LogP contribution in [0.25, 0.3) is 0 Å². The molecule has 1 aliphatic rings. The second kappa shape index (κ2) is 6.96. The molecule has 1 amide bonds. The van der Waals surface area contributed by atoms with Crippen LogP contribution in [0, 0.1) is 12.3 Å². The first-order valence-corrected chi connectivity index (χ1v) is 8.77. The van der Waals surface area contributed by atoms with Gasteiger partial charge in [0.2, 0.25) is 0 Å². The lowest BCUT2D eigenvalue weighted by atomic mass is 9.87. The number of nitrogens with zero attached hydrogens (tertiary/aromatic N) is 2. The Bertz CT molecular complexity index is 737. The summed E-state index contributed by atoms with van der Waals surface area (Å²) in [6.07, 6.45) is 1.59. The molecule has 2 heterocycles. The normalized spacial score (nSPS) is 21.2. The summed E-state index contributed by atoms with van der Waals surface area (Å²) in [6.45, 7) is 9.50. The number of carbonyl (C=O) groups is 1. The number of aryl methyl sites for hydroxylation is 1. The van der Waals surface area contributed by atoms with E-state index in [-0.39, 0.29) is 23.5 Å². The first-order valence-electron chi connectivity index (χ1n) is 8.77. The van der Waals surface area contributed by atoms with Gasteiger partial charge in [-0.3, -0.25) is 9.78 Å². The Kier molecular flexibility index (Phi) is 4.91. The highest BCUT2D eigenvalue weighted by Gasteiger charge is 2.37. The summed E-state index contributed by atoms with van der Waals surface area (Å²) in [6, 6.07) is 13.8. The molecule has 2 aromatic rings. The van der Waals surface area contributed by atoms with Gasteiger partial charge in [0.15, 0.2) is 0 Å². The third kappa shape index (κ3) is 3.90. The molecule has 0 radical (unpaired) electrons. The van der Waals surface area contributed by atoms with Crippen LogP contribution in [0.15, 0.2) is 48.7 Å². The molecule has 2 atom stereocenters. The van der Waals surface area contributed by atoms with Gasteiger partial charge in [0.1, 0.15) is 6.10 Å². The SMILES string of the molecule is Cc1ncccc1C(=O)N1C[C@@H](c2ccccc2)O[C@@H](C(C)(C)C)C1. The van der Waals surface area contributed by atoms with Crippen molar-refractivity contribution in [3.63, 3.8) is 0 Å². The van der Waals surface area contributed by atoms with E-state index < -0.39 is 0 Å². The summed E-state index contributed by atoms with van der Waals surface area (Å²) < 4.78 is 6.37. The van der Waals surface area contributed by atoms with Crippen molar-refractivity contribution in [1.82, 2.24) is 9.88 Å². The zero-order valence-corrected chi connectivity index (χ0v) is 15.4. The van der Waals surface area contributed by atoms with Crippen molar-refractivity contribution in [1.29, 1.82) is 0 Å². The molecule has 132 valence electrons. The zero-order valence-electron chi connectivity index (χ0n) is 15.4. The second-order valence-electron chi connectivity index (χ2n) is 7.74. The Hall–Kier alpha value is -2.20. The average molecular weight is 338 g/mol. The number of hydrogen-bond acceptors (Lipinski definition) is 3. The molecule has 1 fully saturated rings. The highest BCUT2D eigenvalue weighted by Crippen LogP contribution is 2.34. The molecule has 25 heavy (non-hydrogen) atoms. The smallest absolute Gasteiger partial charge is 0.255 e. The molecule has 4 nitrogen and oxygen atoms in total. The first kappa shape index (κ1) is 17.6. The van der Waals surface area contributed by atoms with Crippen molar-refractivity contribution in [3.8, 4) is 0 Å². The van der Waals surface area contributed by atoms with E-state index in [9.17, 15) is 4.79 Å². The molecule has 0 unspecified atom stereocenters. The van der Waals surface area contributed by atoms with Crippen molar-refractivity contribution < 1.29 is 9.53 Å². The lowest BCUT2D eigenvalue weighted by molar-refractivity contribution is -0.119. The van der Waals surface area contributed by atoms with E-state index in [1.807, 2.05) is 42.2 Å². The monoisotopic (exact) mass is 338 g/mol. The van der Waals surface area contributed by atoms with Gasteiger partial charge in [-0.05, 0) is 30.0 Å². The van der Waals surface area contributed by atoms with E-state index in [1.54, 1.807) is 6.20 Å². The van der Waals surface area contributed by atoms with Crippen molar-refractivity contribution >= 4 is 5.91 Å². The third-order valence-corrected chi connectivity index (χ3v) is 4.76. The molecule has 1 aromatic heterocycles. The second-order valence-corrected chi connectivity index (χ2v) is 7.74. The first-order chi connectivity index (χ1) is 11.9. The van der Waals surface area contributed by atoms with Crippen LogP contribution in [0.2, 0.25) is 0 Å². The standard InChI is InChI=1S/C21H26N2O2/c1-15-17(11-8-12-22-15)20(24)23-13-18(16-9-6-5-7-10-16)25-19(14-23)21(2,3)4/h5-12,18-19H,13-14H2,1-4H3/t18-,19+/m0/s1. The predicted molar refractivity (Wildman–Crippen MR) is 98.4 cm³/mol. The van der Waals surface area contributed by atoms with Crippen molar-refractivity contribution in [2.75, 3.05) is 13.1 Å². The van der Waals surface area contributed by atoms with Crippen LogP contribution in [-0.2, 0) is 4.74 Å². The van der Waals surface area contributed by atoms with Crippen LogP contribution in [0.3, 0.4) is 0 Å². The van der Waals surface area contributed by atoms with Gasteiger partial charge in [0.05, 0.1) is 18.2 Å². The fourth-order valence-corrected chi connectivity index (χ4v) is 3.14. The van der Waals surface area contributed by atoms with Crippen LogP contribution in [-0.4, -0.2) is 35.0 Å². The van der Waals surface area contributed by atoms with Crippen LogP contribution in [0.1, 0.15) is 48.5 Å². The largest absolute Gasteiger partial charge is 0.366 e. The summed E-state index contributed by atoms with van der Waals surface area (Å²) in [5, 5.41) is 0. The van der Waals surface area contributed by atoms with Crippen molar-refractivity contribution in [2.45, 2.75) is 39.9 Å². The number of ether oxygens (including phenoxy) is 1. The maximum Gasteiger partial charge on any atom is 0.255 e. The van der Waals surface area contributed by atoms with Crippen LogP contribution in [0.5, 0.6) is 0 Å². The Morgan fingerprint density at radius 1 is 1.12 bits per heavy atom. The van der Waals surface area contributed by atoms with Gasteiger partial charge in [0, 0.05) is 18.4 Å². The molecule has 1 aromatic carbocycles. The highest BCUT2D eigenvalue weighted by molar-refractivity contribution is 5.95. The number of hydrogen-bond donors (Lipinski definition) is 0. The van der Waals surface area contributed by atoms with E-state index in [0.29, 0.717) is 18.7 Å². The Labute approximate surface area is 149 Å². The van der Waals surface area contributed by atoms with E-state index in [0.717, 1.165) is 11.3 Å². The van der Waals surface area contributed by atoms with E-state index >= 15 is 0 Å². The Morgan fingerprint density at radius 2 is 1.84 bits per heavy atom. The molecular weight excluding hydrogens is 312 g/mol. The fraction of sp³-hybridized carbons (Fsp3) is 0.429. The molecule has 0 aliphatic carbocycles. The molecular formula is C21H26N2O2. The highest BCUT2D eigenvalue weighted by atomic mass is 16.5. The number of morpholine rings is 1. The van der Waals surface area contributed by atoms with Gasteiger partial charge in [-0.25, -0.2) is 0 Å². The van der Waals surface area contributed by atoms with Crippen LogP contribution in [0.4, 0.5) is 0 Å². The van der Waals surface area contributed by atoms with Gasteiger partial charge in [0.25, 0.3) is 5.91 Å². The molecule has 0 bridgehead atoms. The van der Waals surface area contributed by atoms with Gasteiger partial charge in [-0.1, -0.05) is 51.1 Å². The minimum Gasteiger partial charge on any atom is -0.366 e. The summed E-state index contributed by atoms with van der Waals surface area (Å²) >= 11 is 0. The summed E-state index contributed by atoms with van der Waals surface area (Å²) in [7, 11) is 0. The Morgan fingerprint density at radius 3 is 2.48 bits per heavy atom. The van der Waals surface area contributed by atoms with Gasteiger partial charge >= 0.3 is 0 Å². The molecule has 1 aliphatic heterocycles. The predicted octanol–water partition coefficient (Wildman–Crippen LogP) is 4.02. The average Bonchev–Trinajstić information content (AvgIpc) is 2.61. The van der Waals surface area contributed by atoms with E-state index in [2.05, 4.69) is 37.9 Å². The third-order valence-electron chi connectivity index (χ3n) is 4.76. The topological polar surface area (TPSA) is 42.4 Å². The van der Waals surface area contributed by atoms with Crippen LogP contribution < -0.4 is 0 Å². The molecule has 0 saturated carbocycles. The summed E-state index contributed by atoms with van der Waals surface area (Å²) in [5.74, 6) is 0.0316.